The number of hydrogen-bond acceptors (Lipinski definition) is 3. The SMILES string of the molecule is O=c1ccn(C[C@H]2CCC[C@H]2CO)c(=O)[nH]1. The zero-order valence-corrected chi connectivity index (χ0v) is 9.06. The zero-order chi connectivity index (χ0) is 11.5. The van der Waals surface area contributed by atoms with E-state index in [0.717, 1.165) is 19.3 Å². The highest BCUT2D eigenvalue weighted by atomic mass is 16.3. The zero-order valence-electron chi connectivity index (χ0n) is 9.06. The third kappa shape index (κ3) is 2.24. The molecule has 2 atom stereocenters. The molecule has 0 radical (unpaired) electrons. The molecular formula is C11H16N2O3. The highest BCUT2D eigenvalue weighted by Gasteiger charge is 2.26. The number of aromatic amines is 1. The summed E-state index contributed by atoms with van der Waals surface area (Å²) in [5.74, 6) is 0.632. The minimum absolute atomic E-state index is 0.183. The number of rotatable bonds is 3. The number of aromatic nitrogens is 2. The Morgan fingerprint density at radius 1 is 1.38 bits per heavy atom. The maximum absolute atomic E-state index is 11.5. The summed E-state index contributed by atoms with van der Waals surface area (Å²) in [4.78, 5) is 24.6. The van der Waals surface area contributed by atoms with Crippen molar-refractivity contribution in [1.29, 1.82) is 0 Å². The van der Waals surface area contributed by atoms with Gasteiger partial charge in [0.05, 0.1) is 0 Å². The van der Waals surface area contributed by atoms with Crippen LogP contribution in [0, 0.1) is 11.8 Å². The maximum Gasteiger partial charge on any atom is 0.328 e. The Morgan fingerprint density at radius 3 is 2.81 bits per heavy atom. The van der Waals surface area contributed by atoms with Gasteiger partial charge in [-0.1, -0.05) is 6.42 Å². The van der Waals surface area contributed by atoms with E-state index in [0.29, 0.717) is 18.4 Å². The summed E-state index contributed by atoms with van der Waals surface area (Å²) in [6, 6.07) is 1.35. The molecule has 16 heavy (non-hydrogen) atoms. The fraction of sp³-hybridized carbons (Fsp3) is 0.636. The molecule has 1 aliphatic carbocycles. The Balaban J connectivity index is 2.14. The van der Waals surface area contributed by atoms with Crippen LogP contribution in [0.15, 0.2) is 21.9 Å². The first kappa shape index (κ1) is 11.1. The number of nitrogens with zero attached hydrogens (tertiary/aromatic N) is 1. The highest BCUT2D eigenvalue weighted by molar-refractivity contribution is 4.85. The lowest BCUT2D eigenvalue weighted by Gasteiger charge is -2.17. The van der Waals surface area contributed by atoms with Crippen molar-refractivity contribution >= 4 is 0 Å². The fourth-order valence-electron chi connectivity index (χ4n) is 2.43. The van der Waals surface area contributed by atoms with Crippen LogP contribution in [0.25, 0.3) is 0 Å². The van der Waals surface area contributed by atoms with Crippen LogP contribution in [0.4, 0.5) is 0 Å². The fourth-order valence-corrected chi connectivity index (χ4v) is 2.43. The summed E-state index contributed by atoms with van der Waals surface area (Å²) in [5.41, 5.74) is -0.734. The highest BCUT2D eigenvalue weighted by Crippen LogP contribution is 2.31. The van der Waals surface area contributed by atoms with E-state index in [1.807, 2.05) is 0 Å². The monoisotopic (exact) mass is 224 g/mol. The quantitative estimate of drug-likeness (QED) is 0.755. The van der Waals surface area contributed by atoms with Crippen molar-refractivity contribution in [3.05, 3.63) is 33.1 Å². The molecule has 1 heterocycles. The van der Waals surface area contributed by atoms with Crippen molar-refractivity contribution in [3.8, 4) is 0 Å². The maximum atomic E-state index is 11.5. The van der Waals surface area contributed by atoms with E-state index < -0.39 is 0 Å². The lowest BCUT2D eigenvalue weighted by molar-refractivity contribution is 0.183. The summed E-state index contributed by atoms with van der Waals surface area (Å²) in [6.45, 7) is 0.767. The molecule has 0 saturated heterocycles. The van der Waals surface area contributed by atoms with E-state index in [9.17, 15) is 14.7 Å². The largest absolute Gasteiger partial charge is 0.396 e. The molecule has 0 amide bonds. The van der Waals surface area contributed by atoms with Gasteiger partial charge in [0.2, 0.25) is 0 Å². The number of aliphatic hydroxyl groups is 1. The van der Waals surface area contributed by atoms with Gasteiger partial charge in [0.25, 0.3) is 5.56 Å². The van der Waals surface area contributed by atoms with Crippen LogP contribution in [0.3, 0.4) is 0 Å². The lowest BCUT2D eigenvalue weighted by atomic mass is 9.97. The van der Waals surface area contributed by atoms with Gasteiger partial charge in [-0.2, -0.15) is 0 Å². The Morgan fingerprint density at radius 2 is 2.12 bits per heavy atom. The summed E-state index contributed by atoms with van der Waals surface area (Å²) in [7, 11) is 0. The van der Waals surface area contributed by atoms with Gasteiger partial charge in [-0.3, -0.25) is 9.78 Å². The lowest BCUT2D eigenvalue weighted by Crippen LogP contribution is -2.31. The van der Waals surface area contributed by atoms with Crippen molar-refractivity contribution < 1.29 is 5.11 Å². The van der Waals surface area contributed by atoms with Crippen LogP contribution in [-0.4, -0.2) is 21.3 Å². The molecule has 0 aliphatic heterocycles. The Bertz CT molecular complexity index is 463. The summed E-state index contributed by atoms with van der Waals surface area (Å²) < 4.78 is 1.51. The second kappa shape index (κ2) is 4.65. The molecule has 2 N–H and O–H groups in total. The Hall–Kier alpha value is -1.36. The van der Waals surface area contributed by atoms with Gasteiger partial charge in [0.15, 0.2) is 0 Å². The van der Waals surface area contributed by atoms with Crippen LogP contribution in [-0.2, 0) is 6.54 Å². The van der Waals surface area contributed by atoms with Crippen LogP contribution in [0.1, 0.15) is 19.3 Å². The van der Waals surface area contributed by atoms with E-state index in [2.05, 4.69) is 4.98 Å². The standard InChI is InChI=1S/C11H16N2O3/c14-7-9-3-1-2-8(9)6-13-5-4-10(15)12-11(13)16/h4-5,8-9,14H,1-3,6-7H2,(H,12,15,16)/t8-,9+/m1/s1. The van der Waals surface area contributed by atoms with Crippen LogP contribution >= 0.6 is 0 Å². The first-order chi connectivity index (χ1) is 7.70. The molecule has 1 aliphatic rings. The van der Waals surface area contributed by atoms with Gasteiger partial charge in [0.1, 0.15) is 0 Å². The molecule has 1 fully saturated rings. The van der Waals surface area contributed by atoms with Crippen molar-refractivity contribution in [1.82, 2.24) is 9.55 Å². The molecule has 2 rings (SSSR count). The Kier molecular flexibility index (Phi) is 3.24. The van der Waals surface area contributed by atoms with Gasteiger partial charge in [-0.15, -0.1) is 0 Å². The van der Waals surface area contributed by atoms with Crippen LogP contribution < -0.4 is 11.2 Å². The van der Waals surface area contributed by atoms with E-state index in [-0.39, 0.29) is 17.9 Å². The normalized spacial score (nSPS) is 24.8. The van der Waals surface area contributed by atoms with Crippen molar-refractivity contribution in [3.63, 3.8) is 0 Å². The number of H-pyrrole nitrogens is 1. The molecule has 1 saturated carbocycles. The number of aliphatic hydroxyl groups excluding tert-OH is 1. The third-order valence-corrected chi connectivity index (χ3v) is 3.38. The molecule has 0 bridgehead atoms. The minimum atomic E-state index is -0.369. The van der Waals surface area contributed by atoms with E-state index in [1.54, 1.807) is 0 Å². The topological polar surface area (TPSA) is 75.1 Å². The predicted octanol–water partition coefficient (Wildman–Crippen LogP) is -0.0548. The molecular weight excluding hydrogens is 208 g/mol. The van der Waals surface area contributed by atoms with Gasteiger partial charge in [0, 0.05) is 25.4 Å². The van der Waals surface area contributed by atoms with E-state index in [1.165, 1.54) is 16.8 Å². The molecule has 0 spiro atoms. The molecule has 5 heteroatoms. The molecule has 1 aromatic rings. The van der Waals surface area contributed by atoms with Gasteiger partial charge in [-0.05, 0) is 24.7 Å². The second-order valence-electron chi connectivity index (χ2n) is 4.40. The molecule has 0 unspecified atom stereocenters. The summed E-state index contributed by atoms with van der Waals surface area (Å²) in [5, 5.41) is 9.18. The smallest absolute Gasteiger partial charge is 0.328 e. The van der Waals surface area contributed by atoms with Crippen molar-refractivity contribution in [2.75, 3.05) is 6.61 Å². The third-order valence-electron chi connectivity index (χ3n) is 3.38. The first-order valence-corrected chi connectivity index (χ1v) is 5.61. The molecule has 88 valence electrons. The average Bonchev–Trinajstić information content (AvgIpc) is 2.69. The second-order valence-corrected chi connectivity index (χ2v) is 4.40. The minimum Gasteiger partial charge on any atom is -0.396 e. The number of hydrogen-bond donors (Lipinski definition) is 2. The molecule has 1 aromatic heterocycles. The Labute approximate surface area is 92.7 Å². The van der Waals surface area contributed by atoms with Crippen LogP contribution in [0.5, 0.6) is 0 Å². The predicted molar refractivity (Wildman–Crippen MR) is 59.2 cm³/mol. The van der Waals surface area contributed by atoms with E-state index in [4.69, 9.17) is 0 Å². The summed E-state index contributed by atoms with van der Waals surface area (Å²) in [6.07, 6.45) is 4.69. The summed E-state index contributed by atoms with van der Waals surface area (Å²) >= 11 is 0. The van der Waals surface area contributed by atoms with E-state index >= 15 is 0 Å². The van der Waals surface area contributed by atoms with Gasteiger partial charge < -0.3 is 9.67 Å². The number of nitrogens with one attached hydrogen (secondary N) is 1. The average molecular weight is 224 g/mol. The molecule has 0 aromatic carbocycles. The van der Waals surface area contributed by atoms with Gasteiger partial charge >= 0.3 is 5.69 Å². The first-order valence-electron chi connectivity index (χ1n) is 5.61. The van der Waals surface area contributed by atoms with Crippen molar-refractivity contribution in [2.24, 2.45) is 11.8 Å². The van der Waals surface area contributed by atoms with Crippen molar-refractivity contribution in [2.45, 2.75) is 25.8 Å². The van der Waals surface area contributed by atoms with Crippen LogP contribution in [0.2, 0.25) is 0 Å². The molecule has 5 nitrogen and oxygen atoms in total. The van der Waals surface area contributed by atoms with Gasteiger partial charge in [-0.25, -0.2) is 4.79 Å².